The first kappa shape index (κ1) is 19.1. The van der Waals surface area contributed by atoms with Gasteiger partial charge in [-0.3, -0.25) is 9.59 Å². The Balaban J connectivity index is 0.00000208. The van der Waals surface area contributed by atoms with E-state index in [9.17, 15) is 9.59 Å². The van der Waals surface area contributed by atoms with E-state index in [1.807, 2.05) is 34.1 Å². The van der Waals surface area contributed by atoms with Crippen LogP contribution in [-0.2, 0) is 4.79 Å². The van der Waals surface area contributed by atoms with Gasteiger partial charge in [-0.1, -0.05) is 12.1 Å². The zero-order valence-electron chi connectivity index (χ0n) is 13.7. The average Bonchev–Trinajstić information content (AvgIpc) is 3.15. The molecule has 0 radical (unpaired) electrons. The largest absolute Gasteiger partial charge is 0.342 e. The number of likely N-dealkylation sites (tertiary alicyclic amines) is 1. The smallest absolute Gasteiger partial charge is 0.255 e. The summed E-state index contributed by atoms with van der Waals surface area (Å²) in [5.74, 6) is 0.659. The number of halogens is 1. The standard InChI is InChI=1S/C17H23N3O2S.ClH/c21-16(19-9-3-4-10-19)13-23-15-6-2-1-5-14(15)17(22)20-11-7-18-8-12-20;/h1-2,5-6,18H,3-4,7-13H2;1H. The Bertz CT molecular complexity index is 573. The van der Waals surface area contributed by atoms with E-state index in [1.165, 1.54) is 11.8 Å². The number of hydrogen-bond donors (Lipinski definition) is 1. The van der Waals surface area contributed by atoms with Gasteiger partial charge in [0.15, 0.2) is 0 Å². The van der Waals surface area contributed by atoms with E-state index in [0.29, 0.717) is 11.3 Å². The molecular formula is C17H24ClN3O2S. The molecule has 1 aromatic rings. The third-order valence-electron chi connectivity index (χ3n) is 4.33. The number of carbonyl (C=O) groups is 2. The van der Waals surface area contributed by atoms with E-state index >= 15 is 0 Å². The molecule has 2 aliphatic rings. The maximum Gasteiger partial charge on any atom is 0.255 e. The summed E-state index contributed by atoms with van der Waals surface area (Å²) in [6.45, 7) is 4.92. The molecule has 2 heterocycles. The number of benzene rings is 1. The van der Waals surface area contributed by atoms with Crippen LogP contribution in [0.4, 0.5) is 0 Å². The lowest BCUT2D eigenvalue weighted by atomic mass is 10.2. The predicted molar refractivity (Wildman–Crippen MR) is 99.0 cm³/mol. The molecule has 1 N–H and O–H groups in total. The molecule has 0 spiro atoms. The summed E-state index contributed by atoms with van der Waals surface area (Å²) >= 11 is 1.48. The highest BCUT2D eigenvalue weighted by molar-refractivity contribution is 8.00. The molecule has 7 heteroatoms. The fraction of sp³-hybridized carbons (Fsp3) is 0.529. The minimum absolute atomic E-state index is 0. The molecule has 132 valence electrons. The Morgan fingerprint density at radius 3 is 2.38 bits per heavy atom. The number of nitrogens with zero attached hydrogens (tertiary/aromatic N) is 2. The maximum absolute atomic E-state index is 12.7. The Morgan fingerprint density at radius 2 is 1.67 bits per heavy atom. The summed E-state index contributed by atoms with van der Waals surface area (Å²) in [5.41, 5.74) is 0.716. The number of amides is 2. The first-order chi connectivity index (χ1) is 11.3. The Hall–Kier alpha value is -1.24. The topological polar surface area (TPSA) is 52.7 Å². The third kappa shape index (κ3) is 4.65. The molecule has 2 aliphatic heterocycles. The van der Waals surface area contributed by atoms with Crippen LogP contribution in [0, 0.1) is 0 Å². The number of nitrogens with one attached hydrogen (secondary N) is 1. The van der Waals surface area contributed by atoms with E-state index in [1.54, 1.807) is 0 Å². The zero-order chi connectivity index (χ0) is 16.1. The van der Waals surface area contributed by atoms with Gasteiger partial charge >= 0.3 is 0 Å². The molecule has 0 bridgehead atoms. The minimum Gasteiger partial charge on any atom is -0.342 e. The van der Waals surface area contributed by atoms with Crippen molar-refractivity contribution in [3.63, 3.8) is 0 Å². The van der Waals surface area contributed by atoms with Crippen molar-refractivity contribution in [1.82, 2.24) is 15.1 Å². The molecule has 2 amide bonds. The van der Waals surface area contributed by atoms with Crippen LogP contribution in [0.15, 0.2) is 29.2 Å². The number of carbonyl (C=O) groups excluding carboxylic acids is 2. The van der Waals surface area contributed by atoms with Crippen molar-refractivity contribution < 1.29 is 9.59 Å². The van der Waals surface area contributed by atoms with Crippen LogP contribution >= 0.6 is 24.2 Å². The summed E-state index contributed by atoms with van der Waals surface area (Å²) in [6, 6.07) is 7.63. The van der Waals surface area contributed by atoms with Crippen molar-refractivity contribution in [2.24, 2.45) is 0 Å². The third-order valence-corrected chi connectivity index (χ3v) is 5.39. The van der Waals surface area contributed by atoms with Crippen LogP contribution < -0.4 is 5.32 Å². The fourth-order valence-corrected chi connectivity index (χ4v) is 3.95. The van der Waals surface area contributed by atoms with Crippen molar-refractivity contribution in [2.75, 3.05) is 45.0 Å². The molecule has 2 saturated heterocycles. The molecule has 1 aromatic carbocycles. The summed E-state index contributed by atoms with van der Waals surface area (Å²) in [5, 5.41) is 3.26. The van der Waals surface area contributed by atoms with Gasteiger partial charge in [-0.2, -0.15) is 0 Å². The number of piperazine rings is 1. The van der Waals surface area contributed by atoms with Gasteiger partial charge in [0.05, 0.1) is 11.3 Å². The minimum atomic E-state index is 0. The molecule has 0 aliphatic carbocycles. The second kappa shape index (κ2) is 9.30. The number of thioether (sulfide) groups is 1. The molecule has 5 nitrogen and oxygen atoms in total. The highest BCUT2D eigenvalue weighted by Gasteiger charge is 2.22. The average molecular weight is 370 g/mol. The van der Waals surface area contributed by atoms with Gasteiger partial charge in [0.25, 0.3) is 5.91 Å². The van der Waals surface area contributed by atoms with Crippen LogP contribution in [0.25, 0.3) is 0 Å². The molecular weight excluding hydrogens is 346 g/mol. The van der Waals surface area contributed by atoms with Crippen LogP contribution in [0.1, 0.15) is 23.2 Å². The fourth-order valence-electron chi connectivity index (χ4n) is 3.00. The monoisotopic (exact) mass is 369 g/mol. The first-order valence-corrected chi connectivity index (χ1v) is 9.24. The maximum atomic E-state index is 12.7. The summed E-state index contributed by atoms with van der Waals surface area (Å²) in [6.07, 6.45) is 2.21. The van der Waals surface area contributed by atoms with E-state index in [0.717, 1.165) is 57.0 Å². The predicted octanol–water partition coefficient (Wildman–Crippen LogP) is 1.87. The van der Waals surface area contributed by atoms with Crippen molar-refractivity contribution in [1.29, 1.82) is 0 Å². The van der Waals surface area contributed by atoms with Gasteiger partial charge in [0.1, 0.15) is 0 Å². The van der Waals surface area contributed by atoms with Gasteiger partial charge in [0, 0.05) is 44.2 Å². The van der Waals surface area contributed by atoms with Crippen LogP contribution in [0.2, 0.25) is 0 Å². The summed E-state index contributed by atoms with van der Waals surface area (Å²) in [7, 11) is 0. The highest BCUT2D eigenvalue weighted by Crippen LogP contribution is 2.25. The van der Waals surface area contributed by atoms with Crippen LogP contribution in [-0.4, -0.2) is 66.6 Å². The lowest BCUT2D eigenvalue weighted by molar-refractivity contribution is -0.127. The van der Waals surface area contributed by atoms with Gasteiger partial charge in [-0.05, 0) is 25.0 Å². The molecule has 0 aromatic heterocycles. The normalized spacial score (nSPS) is 17.5. The second-order valence-corrected chi connectivity index (χ2v) is 6.93. The molecule has 2 fully saturated rings. The number of rotatable bonds is 4. The Labute approximate surface area is 153 Å². The van der Waals surface area contributed by atoms with E-state index in [4.69, 9.17) is 0 Å². The van der Waals surface area contributed by atoms with E-state index in [-0.39, 0.29) is 24.2 Å². The number of hydrogen-bond acceptors (Lipinski definition) is 4. The second-order valence-electron chi connectivity index (χ2n) is 5.91. The van der Waals surface area contributed by atoms with E-state index in [2.05, 4.69) is 5.32 Å². The van der Waals surface area contributed by atoms with Crippen molar-refractivity contribution in [2.45, 2.75) is 17.7 Å². The molecule has 24 heavy (non-hydrogen) atoms. The SMILES string of the molecule is Cl.O=C(CSc1ccccc1C(=O)N1CCNCC1)N1CCCC1. The van der Waals surface area contributed by atoms with Crippen molar-refractivity contribution in [3.05, 3.63) is 29.8 Å². The molecule has 0 saturated carbocycles. The van der Waals surface area contributed by atoms with Crippen LogP contribution in [0.5, 0.6) is 0 Å². The highest BCUT2D eigenvalue weighted by atomic mass is 35.5. The Morgan fingerprint density at radius 1 is 1.00 bits per heavy atom. The van der Waals surface area contributed by atoms with Crippen molar-refractivity contribution >= 4 is 36.0 Å². The van der Waals surface area contributed by atoms with Gasteiger partial charge in [-0.15, -0.1) is 24.2 Å². The van der Waals surface area contributed by atoms with Crippen molar-refractivity contribution in [3.8, 4) is 0 Å². The molecule has 0 unspecified atom stereocenters. The van der Waals surface area contributed by atoms with Gasteiger partial charge in [-0.25, -0.2) is 0 Å². The lowest BCUT2D eigenvalue weighted by Gasteiger charge is -2.28. The lowest BCUT2D eigenvalue weighted by Crippen LogP contribution is -2.46. The van der Waals surface area contributed by atoms with Gasteiger partial charge in [0.2, 0.25) is 5.91 Å². The summed E-state index contributed by atoms with van der Waals surface area (Å²) < 4.78 is 0. The quantitative estimate of drug-likeness (QED) is 0.823. The first-order valence-electron chi connectivity index (χ1n) is 8.25. The summed E-state index contributed by atoms with van der Waals surface area (Å²) in [4.78, 5) is 29.6. The van der Waals surface area contributed by atoms with Crippen LogP contribution in [0.3, 0.4) is 0 Å². The Kier molecular flexibility index (Phi) is 7.40. The molecule has 3 rings (SSSR count). The van der Waals surface area contributed by atoms with Gasteiger partial charge < -0.3 is 15.1 Å². The molecule has 0 atom stereocenters. The van der Waals surface area contributed by atoms with E-state index < -0.39 is 0 Å². The zero-order valence-corrected chi connectivity index (χ0v) is 15.3.